The van der Waals surface area contributed by atoms with Gasteiger partial charge in [0.05, 0.1) is 16.6 Å². The molecule has 0 aromatic heterocycles. The lowest BCUT2D eigenvalue weighted by atomic mass is 9.87. The smallest absolute Gasteiger partial charge is 0.431 e. The summed E-state index contributed by atoms with van der Waals surface area (Å²) in [7, 11) is 1.33. The van der Waals surface area contributed by atoms with Crippen LogP contribution in [0.25, 0.3) is 11.1 Å². The predicted octanol–water partition coefficient (Wildman–Crippen LogP) is 8.50. The topological polar surface area (TPSA) is 45.1 Å². The second-order valence-electron chi connectivity index (χ2n) is 8.76. The predicted molar refractivity (Wildman–Crippen MR) is 132 cm³/mol. The molecule has 3 aromatic carbocycles. The molecule has 1 aliphatic heterocycles. The molecule has 4 nitrogen and oxygen atoms in total. The third-order valence-corrected chi connectivity index (χ3v) is 6.83. The average molecular weight is 577 g/mol. The van der Waals surface area contributed by atoms with Gasteiger partial charge in [-0.2, -0.15) is 31.4 Å². The van der Waals surface area contributed by atoms with Gasteiger partial charge in [0, 0.05) is 34.7 Å². The van der Waals surface area contributed by atoms with Gasteiger partial charge in [0.1, 0.15) is 23.8 Å². The van der Waals surface area contributed by atoms with Crippen molar-refractivity contribution in [3.63, 3.8) is 0 Å². The van der Waals surface area contributed by atoms with Crippen molar-refractivity contribution in [3.8, 4) is 22.6 Å². The summed E-state index contributed by atoms with van der Waals surface area (Å²) in [5, 5.41) is 16.0. The van der Waals surface area contributed by atoms with Gasteiger partial charge >= 0.3 is 12.4 Å². The Morgan fingerprint density at radius 2 is 1.61 bits per heavy atom. The van der Waals surface area contributed by atoms with E-state index in [1.165, 1.54) is 32.2 Å². The number of halogens is 8. The standard InChI is InChI=1S/C26H20Cl2F6N2O2/c1-13-22(36(2)35-24(13)26(32,33)34)18-9-3-15(12-38-17-7-5-16(27)6-8-17)21(23(18)37)14-4-10-20(28)19(11-14)25(29,30)31/h3-11,13,22,37H,12H2,1-2H3. The molecular formula is C26H20Cl2F6N2O2. The molecule has 1 aliphatic rings. The van der Waals surface area contributed by atoms with Crippen LogP contribution in [0.5, 0.6) is 11.5 Å². The molecule has 202 valence electrons. The summed E-state index contributed by atoms with van der Waals surface area (Å²) >= 11 is 11.7. The number of rotatable bonds is 5. The molecule has 0 fully saturated rings. The van der Waals surface area contributed by atoms with Crippen LogP contribution in [0.3, 0.4) is 0 Å². The van der Waals surface area contributed by atoms with Gasteiger partial charge in [0.2, 0.25) is 0 Å². The number of hydrazone groups is 1. The number of phenols is 1. The minimum atomic E-state index is -4.78. The van der Waals surface area contributed by atoms with E-state index in [1.807, 2.05) is 0 Å². The summed E-state index contributed by atoms with van der Waals surface area (Å²) in [4.78, 5) is 0. The highest BCUT2D eigenvalue weighted by molar-refractivity contribution is 6.31. The highest BCUT2D eigenvalue weighted by atomic mass is 35.5. The van der Waals surface area contributed by atoms with E-state index in [0.717, 1.165) is 17.1 Å². The summed E-state index contributed by atoms with van der Waals surface area (Å²) in [5.74, 6) is -1.24. The molecule has 0 amide bonds. The van der Waals surface area contributed by atoms with Crippen molar-refractivity contribution >= 4 is 28.9 Å². The first-order valence-electron chi connectivity index (χ1n) is 11.2. The van der Waals surface area contributed by atoms with Crippen molar-refractivity contribution in [1.82, 2.24) is 5.01 Å². The summed E-state index contributed by atoms with van der Waals surface area (Å²) in [6.45, 7) is 1.15. The Bertz CT molecular complexity index is 1370. The molecule has 0 aliphatic carbocycles. The Kier molecular flexibility index (Phi) is 7.51. The van der Waals surface area contributed by atoms with E-state index in [1.54, 1.807) is 24.3 Å². The van der Waals surface area contributed by atoms with Crippen molar-refractivity contribution in [1.29, 1.82) is 0 Å². The number of hydrogen-bond donors (Lipinski definition) is 1. The molecule has 38 heavy (non-hydrogen) atoms. The van der Waals surface area contributed by atoms with Crippen LogP contribution in [0.1, 0.15) is 29.7 Å². The van der Waals surface area contributed by atoms with Crippen molar-refractivity contribution in [2.45, 2.75) is 31.9 Å². The molecule has 1 heterocycles. The van der Waals surface area contributed by atoms with Gasteiger partial charge in [0.25, 0.3) is 0 Å². The molecule has 0 saturated heterocycles. The fourth-order valence-corrected chi connectivity index (χ4v) is 4.85. The normalized spacial score (nSPS) is 18.1. The average Bonchev–Trinajstić information content (AvgIpc) is 3.13. The molecule has 2 unspecified atom stereocenters. The minimum Gasteiger partial charge on any atom is -0.507 e. The van der Waals surface area contributed by atoms with Crippen molar-refractivity contribution in [3.05, 3.63) is 81.3 Å². The maximum Gasteiger partial charge on any atom is 0.431 e. The zero-order valence-electron chi connectivity index (χ0n) is 19.8. The first-order valence-corrected chi connectivity index (χ1v) is 11.9. The first-order chi connectivity index (χ1) is 17.7. The monoisotopic (exact) mass is 576 g/mol. The van der Waals surface area contributed by atoms with Gasteiger partial charge in [-0.3, -0.25) is 5.01 Å². The lowest BCUT2D eigenvalue weighted by molar-refractivity contribution is -0.137. The summed E-state index contributed by atoms with van der Waals surface area (Å²) in [6, 6.07) is 11.4. The molecular weight excluding hydrogens is 557 g/mol. The van der Waals surface area contributed by atoms with E-state index in [9.17, 15) is 31.4 Å². The molecule has 3 aromatic rings. The quantitative estimate of drug-likeness (QED) is 0.310. The Morgan fingerprint density at radius 1 is 0.947 bits per heavy atom. The highest BCUT2D eigenvalue weighted by Gasteiger charge is 2.48. The largest absolute Gasteiger partial charge is 0.507 e. The van der Waals surface area contributed by atoms with Crippen LogP contribution < -0.4 is 4.74 Å². The van der Waals surface area contributed by atoms with E-state index in [-0.39, 0.29) is 23.3 Å². The molecule has 0 spiro atoms. The minimum absolute atomic E-state index is 0.0281. The first kappa shape index (κ1) is 27.9. The molecule has 1 N–H and O–H groups in total. The molecule has 12 heteroatoms. The van der Waals surface area contributed by atoms with Crippen molar-refractivity contribution in [2.75, 3.05) is 7.05 Å². The lowest BCUT2D eigenvalue weighted by Gasteiger charge is -2.26. The number of alkyl halides is 6. The van der Waals surface area contributed by atoms with Crippen LogP contribution in [0.4, 0.5) is 26.3 Å². The number of aromatic hydroxyl groups is 1. The fourth-order valence-electron chi connectivity index (χ4n) is 4.50. The molecule has 2 atom stereocenters. The third kappa shape index (κ3) is 5.51. The summed E-state index contributed by atoms with van der Waals surface area (Å²) < 4.78 is 87.1. The lowest BCUT2D eigenvalue weighted by Crippen LogP contribution is -2.29. The van der Waals surface area contributed by atoms with E-state index in [4.69, 9.17) is 27.9 Å². The van der Waals surface area contributed by atoms with Crippen molar-refractivity contribution < 1.29 is 36.2 Å². The van der Waals surface area contributed by atoms with Gasteiger partial charge < -0.3 is 9.84 Å². The summed E-state index contributed by atoms with van der Waals surface area (Å²) in [6.07, 6.45) is -9.47. The maximum atomic E-state index is 13.6. The zero-order valence-corrected chi connectivity index (χ0v) is 21.3. The Labute approximate surface area is 224 Å². The Hall–Kier alpha value is -3.11. The summed E-state index contributed by atoms with van der Waals surface area (Å²) in [5.41, 5.74) is -1.86. The van der Waals surface area contributed by atoms with Crippen LogP contribution in [-0.2, 0) is 12.8 Å². The Balaban J connectivity index is 1.83. The molecule has 0 saturated carbocycles. The van der Waals surface area contributed by atoms with Gasteiger partial charge in [0.15, 0.2) is 0 Å². The maximum absolute atomic E-state index is 13.6. The van der Waals surface area contributed by atoms with E-state index in [0.29, 0.717) is 16.3 Å². The third-order valence-electron chi connectivity index (χ3n) is 6.25. The van der Waals surface area contributed by atoms with Crippen LogP contribution in [0.15, 0.2) is 59.7 Å². The van der Waals surface area contributed by atoms with Crippen LogP contribution >= 0.6 is 23.2 Å². The molecule has 4 rings (SSSR count). The SMILES string of the molecule is CC1C(C(F)(F)F)=NN(C)C1c1ccc(COc2ccc(Cl)cc2)c(-c2ccc(Cl)c(C(F)(F)F)c2)c1O. The van der Waals surface area contributed by atoms with Crippen LogP contribution in [0.2, 0.25) is 10.0 Å². The number of ether oxygens (including phenoxy) is 1. The van der Waals surface area contributed by atoms with Crippen LogP contribution in [-0.4, -0.2) is 29.1 Å². The Morgan fingerprint density at radius 3 is 2.18 bits per heavy atom. The van der Waals surface area contributed by atoms with E-state index >= 15 is 0 Å². The number of nitrogens with zero attached hydrogens (tertiary/aromatic N) is 2. The van der Waals surface area contributed by atoms with Crippen molar-refractivity contribution in [2.24, 2.45) is 11.0 Å². The van der Waals surface area contributed by atoms with Gasteiger partial charge in [-0.15, -0.1) is 0 Å². The van der Waals surface area contributed by atoms with Gasteiger partial charge in [-0.1, -0.05) is 48.3 Å². The van der Waals surface area contributed by atoms with Gasteiger partial charge in [-0.25, -0.2) is 0 Å². The zero-order chi connectivity index (χ0) is 28.0. The number of hydrogen-bond acceptors (Lipinski definition) is 4. The molecule has 0 radical (unpaired) electrons. The number of phenolic OH excluding ortho intramolecular Hbond substituents is 1. The van der Waals surface area contributed by atoms with E-state index in [2.05, 4.69) is 5.10 Å². The fraction of sp³-hybridized carbons (Fsp3) is 0.269. The van der Waals surface area contributed by atoms with Crippen LogP contribution in [0, 0.1) is 5.92 Å². The molecule has 0 bridgehead atoms. The van der Waals surface area contributed by atoms with Gasteiger partial charge in [-0.05, 0) is 42.0 Å². The second-order valence-corrected chi connectivity index (χ2v) is 9.61. The van der Waals surface area contributed by atoms with E-state index < -0.39 is 46.4 Å². The highest BCUT2D eigenvalue weighted by Crippen LogP contribution is 2.47. The number of benzene rings is 3. The second kappa shape index (κ2) is 10.2.